The van der Waals surface area contributed by atoms with Gasteiger partial charge in [-0.2, -0.15) is 0 Å². The third kappa shape index (κ3) is 4.56. The van der Waals surface area contributed by atoms with Gasteiger partial charge in [-0.25, -0.2) is 23.7 Å². The van der Waals surface area contributed by atoms with Crippen LogP contribution in [0.25, 0.3) is 28.2 Å². The van der Waals surface area contributed by atoms with Crippen LogP contribution < -0.4 is 11.1 Å². The number of carbonyl (C=O) groups excluding carboxylic acids is 1. The van der Waals surface area contributed by atoms with E-state index in [1.54, 1.807) is 24.4 Å². The highest BCUT2D eigenvalue weighted by Crippen LogP contribution is 2.55. The fourth-order valence-electron chi connectivity index (χ4n) is 6.33. The Kier molecular flexibility index (Phi) is 6.11. The Morgan fingerprint density at radius 1 is 1.12 bits per heavy atom. The van der Waals surface area contributed by atoms with Crippen molar-refractivity contribution in [3.8, 4) is 17.1 Å². The van der Waals surface area contributed by atoms with Gasteiger partial charge in [-0.05, 0) is 79.3 Å². The zero-order valence-corrected chi connectivity index (χ0v) is 22.6. The molecule has 2 atom stereocenters. The maximum Gasteiger partial charge on any atom is 0.257 e. The quantitative estimate of drug-likeness (QED) is 0.327. The highest BCUT2D eigenvalue weighted by atomic mass is 19.3. The number of nitrogens with two attached hydrogens (primary N) is 1. The van der Waals surface area contributed by atoms with Gasteiger partial charge in [0.05, 0.1) is 17.2 Å². The fourth-order valence-corrected chi connectivity index (χ4v) is 6.33. The first-order valence-corrected chi connectivity index (χ1v) is 14.1. The molecule has 210 valence electrons. The van der Waals surface area contributed by atoms with Gasteiger partial charge in [0.1, 0.15) is 11.3 Å². The van der Waals surface area contributed by atoms with Gasteiger partial charge >= 0.3 is 0 Å². The number of fused-ring (bicyclic) bond motifs is 2. The molecule has 4 aromatic rings. The second-order valence-corrected chi connectivity index (χ2v) is 11.2. The van der Waals surface area contributed by atoms with Crippen LogP contribution in [0.5, 0.6) is 0 Å². The number of anilines is 1. The van der Waals surface area contributed by atoms with E-state index in [4.69, 9.17) is 15.7 Å². The number of alkyl halides is 2. The molecule has 2 unspecified atom stereocenters. The van der Waals surface area contributed by atoms with Gasteiger partial charge in [0, 0.05) is 43.5 Å². The minimum Gasteiger partial charge on any atom is -0.383 e. The van der Waals surface area contributed by atoms with E-state index in [0.29, 0.717) is 40.1 Å². The van der Waals surface area contributed by atoms with Crippen LogP contribution in [0.3, 0.4) is 0 Å². The molecule has 0 spiro atoms. The molecule has 3 N–H and O–H groups in total. The standard InChI is InChI=1S/C31H31F2N7O/c1-2-27(41)39-14-11-19(12-15-39)36-24-8-5-18-16-20(6-7-21(18)24)40-29(22-4-3-13-35-28(22)34)38-26-10-9-25(37-30(26)40)23-17-31(23,32)33/h2-4,6-7,9-10,13,16,19,23-24,36H,1,5,8,11-12,14-15,17H2,(H2,34,35). The summed E-state index contributed by atoms with van der Waals surface area (Å²) in [6.07, 6.45) is 6.55. The van der Waals surface area contributed by atoms with E-state index >= 15 is 0 Å². The predicted molar refractivity (Wildman–Crippen MR) is 153 cm³/mol. The van der Waals surface area contributed by atoms with Crippen LogP contribution in [0.15, 0.2) is 61.3 Å². The fraction of sp³-hybridized carbons (Fsp3) is 0.355. The van der Waals surface area contributed by atoms with Crippen molar-refractivity contribution in [2.45, 2.75) is 56.0 Å². The van der Waals surface area contributed by atoms with Crippen molar-refractivity contribution in [2.75, 3.05) is 18.8 Å². The Morgan fingerprint density at radius 3 is 2.66 bits per heavy atom. The Morgan fingerprint density at radius 2 is 1.93 bits per heavy atom. The molecular formula is C31H31F2N7O. The summed E-state index contributed by atoms with van der Waals surface area (Å²) in [4.78, 5) is 27.6. The SMILES string of the molecule is C=CC(=O)N1CCC(NC2CCc3cc(-n4c(-c5cccnc5N)nc5ccc(C6CC6(F)F)nc54)ccc32)CC1. The summed E-state index contributed by atoms with van der Waals surface area (Å²) in [5.74, 6) is -2.67. The van der Waals surface area contributed by atoms with Crippen molar-refractivity contribution >= 4 is 22.9 Å². The third-order valence-corrected chi connectivity index (χ3v) is 8.67. The molecule has 1 amide bonds. The number of aryl methyl sites for hydroxylation is 1. The lowest BCUT2D eigenvalue weighted by molar-refractivity contribution is -0.127. The molecule has 1 aromatic carbocycles. The number of nitrogens with zero attached hydrogens (tertiary/aromatic N) is 5. The number of aromatic nitrogens is 4. The Balaban J connectivity index is 1.22. The molecule has 1 saturated heterocycles. The van der Waals surface area contributed by atoms with Gasteiger partial charge in [0.25, 0.3) is 5.92 Å². The van der Waals surface area contributed by atoms with E-state index < -0.39 is 11.8 Å². The number of nitrogen functional groups attached to an aromatic ring is 1. The number of hydrogen-bond donors (Lipinski definition) is 2. The number of likely N-dealkylation sites (tertiary alicyclic amines) is 1. The van der Waals surface area contributed by atoms with E-state index in [-0.39, 0.29) is 18.4 Å². The van der Waals surface area contributed by atoms with Crippen molar-refractivity contribution in [1.82, 2.24) is 29.7 Å². The molecule has 0 bridgehead atoms. The average Bonchev–Trinajstić information content (AvgIpc) is 3.28. The van der Waals surface area contributed by atoms with Crippen molar-refractivity contribution in [3.63, 3.8) is 0 Å². The first-order chi connectivity index (χ1) is 19.8. The highest BCUT2D eigenvalue weighted by molar-refractivity contribution is 5.87. The van der Waals surface area contributed by atoms with Crippen LogP contribution in [0.4, 0.5) is 14.6 Å². The number of rotatable bonds is 6. The summed E-state index contributed by atoms with van der Waals surface area (Å²) >= 11 is 0. The van der Waals surface area contributed by atoms with Gasteiger partial charge in [-0.3, -0.25) is 9.36 Å². The van der Waals surface area contributed by atoms with E-state index in [1.165, 1.54) is 17.2 Å². The molecule has 10 heteroatoms. The zero-order valence-electron chi connectivity index (χ0n) is 22.6. The molecule has 1 saturated carbocycles. The zero-order chi connectivity index (χ0) is 28.3. The molecular weight excluding hydrogens is 524 g/mol. The van der Waals surface area contributed by atoms with Crippen molar-refractivity contribution in [3.05, 3.63) is 78.1 Å². The summed E-state index contributed by atoms with van der Waals surface area (Å²) in [6, 6.07) is 14.0. The maximum absolute atomic E-state index is 13.9. The van der Waals surface area contributed by atoms with Gasteiger partial charge in [0.15, 0.2) is 11.5 Å². The molecule has 2 fully saturated rings. The summed E-state index contributed by atoms with van der Waals surface area (Å²) in [5, 5.41) is 3.82. The second kappa shape index (κ2) is 9.73. The number of halogens is 2. The van der Waals surface area contributed by atoms with E-state index in [1.807, 2.05) is 21.6 Å². The predicted octanol–water partition coefficient (Wildman–Crippen LogP) is 4.94. The van der Waals surface area contributed by atoms with Crippen LogP contribution in [0, 0.1) is 0 Å². The number of benzene rings is 1. The number of hydrogen-bond acceptors (Lipinski definition) is 6. The number of carbonyl (C=O) groups is 1. The van der Waals surface area contributed by atoms with Crippen molar-refractivity contribution in [2.24, 2.45) is 0 Å². The lowest BCUT2D eigenvalue weighted by Gasteiger charge is -2.33. The molecule has 1 aliphatic heterocycles. The van der Waals surface area contributed by atoms with Crippen LogP contribution in [-0.2, 0) is 11.2 Å². The van der Waals surface area contributed by atoms with Crippen LogP contribution in [0.2, 0.25) is 0 Å². The molecule has 2 aliphatic carbocycles. The summed E-state index contributed by atoms with van der Waals surface area (Å²) < 4.78 is 29.8. The molecule has 3 aromatic heterocycles. The van der Waals surface area contributed by atoms with E-state index in [9.17, 15) is 13.6 Å². The monoisotopic (exact) mass is 555 g/mol. The number of imidazole rings is 1. The molecule has 3 aliphatic rings. The summed E-state index contributed by atoms with van der Waals surface area (Å²) in [7, 11) is 0. The van der Waals surface area contributed by atoms with Crippen LogP contribution in [-0.4, -0.2) is 55.4 Å². The van der Waals surface area contributed by atoms with E-state index in [2.05, 4.69) is 29.0 Å². The lowest BCUT2D eigenvalue weighted by Crippen LogP contribution is -2.45. The van der Waals surface area contributed by atoms with Crippen LogP contribution in [0.1, 0.15) is 54.5 Å². The van der Waals surface area contributed by atoms with Crippen molar-refractivity contribution in [1.29, 1.82) is 0 Å². The summed E-state index contributed by atoms with van der Waals surface area (Å²) in [6.45, 7) is 5.06. The smallest absolute Gasteiger partial charge is 0.257 e. The second-order valence-electron chi connectivity index (χ2n) is 11.2. The number of pyridine rings is 2. The van der Waals surface area contributed by atoms with Gasteiger partial charge in [0.2, 0.25) is 5.91 Å². The minimum absolute atomic E-state index is 0.00548. The normalized spacial score (nSPS) is 21.7. The number of piperidine rings is 1. The van der Waals surface area contributed by atoms with E-state index in [0.717, 1.165) is 44.5 Å². The largest absolute Gasteiger partial charge is 0.383 e. The van der Waals surface area contributed by atoms with Gasteiger partial charge in [-0.1, -0.05) is 12.6 Å². The Labute approximate surface area is 236 Å². The first-order valence-electron chi connectivity index (χ1n) is 14.1. The molecule has 7 rings (SSSR count). The Bertz CT molecular complexity index is 1670. The lowest BCUT2D eigenvalue weighted by atomic mass is 10.0. The maximum atomic E-state index is 13.9. The molecule has 41 heavy (non-hydrogen) atoms. The third-order valence-electron chi connectivity index (χ3n) is 8.67. The summed E-state index contributed by atoms with van der Waals surface area (Å²) in [5.41, 5.74) is 11.8. The molecule has 4 heterocycles. The first kappa shape index (κ1) is 25.8. The highest BCUT2D eigenvalue weighted by Gasteiger charge is 2.58. The molecule has 0 radical (unpaired) electrons. The average molecular weight is 556 g/mol. The Hall–Kier alpha value is -4.18. The van der Waals surface area contributed by atoms with Gasteiger partial charge in [-0.15, -0.1) is 0 Å². The number of nitrogens with one attached hydrogen (secondary N) is 1. The minimum atomic E-state index is -2.71. The number of amides is 1. The van der Waals surface area contributed by atoms with Crippen molar-refractivity contribution < 1.29 is 13.6 Å². The molecule has 8 nitrogen and oxygen atoms in total. The van der Waals surface area contributed by atoms with Gasteiger partial charge < -0.3 is 16.0 Å². The van der Waals surface area contributed by atoms with Crippen LogP contribution >= 0.6 is 0 Å². The topological polar surface area (TPSA) is 102 Å².